The topological polar surface area (TPSA) is 54.5 Å². The largest absolute Gasteiger partial charge is 0.497 e. The van der Waals surface area contributed by atoms with Gasteiger partial charge in [-0.3, -0.25) is 4.79 Å². The highest BCUT2D eigenvalue weighted by Gasteiger charge is 2.18. The van der Waals surface area contributed by atoms with E-state index in [1.807, 2.05) is 30.3 Å². The Morgan fingerprint density at radius 2 is 1.85 bits per heavy atom. The van der Waals surface area contributed by atoms with Gasteiger partial charge in [-0.1, -0.05) is 36.4 Å². The summed E-state index contributed by atoms with van der Waals surface area (Å²) in [5.74, 6) is 1.28. The van der Waals surface area contributed by atoms with Gasteiger partial charge in [0.05, 0.1) is 7.11 Å². The second-order valence-electron chi connectivity index (χ2n) is 6.51. The van der Waals surface area contributed by atoms with Crippen LogP contribution in [0.3, 0.4) is 0 Å². The number of fused-ring (bicyclic) bond motifs is 1. The molecule has 1 aliphatic rings. The first-order valence-electron chi connectivity index (χ1n) is 8.97. The smallest absolute Gasteiger partial charge is 0.274 e. The van der Waals surface area contributed by atoms with Crippen LogP contribution in [0.15, 0.2) is 66.7 Å². The van der Waals surface area contributed by atoms with E-state index >= 15 is 0 Å². The number of amides is 1. The van der Waals surface area contributed by atoms with Crippen LogP contribution in [0, 0.1) is 0 Å². The average Bonchev–Trinajstić information content (AvgIpc) is 2.73. The molecule has 2 aromatic carbocycles. The van der Waals surface area contributed by atoms with Crippen molar-refractivity contribution in [1.82, 2.24) is 4.98 Å². The summed E-state index contributed by atoms with van der Waals surface area (Å²) < 4.78 is 5.20. The Hall–Kier alpha value is -3.34. The van der Waals surface area contributed by atoms with Gasteiger partial charge in [-0.2, -0.15) is 0 Å². The minimum Gasteiger partial charge on any atom is -0.497 e. The molecule has 0 unspecified atom stereocenters. The monoisotopic (exact) mass is 359 g/mol. The molecule has 0 bridgehead atoms. The van der Waals surface area contributed by atoms with Crippen LogP contribution in [0.2, 0.25) is 0 Å². The van der Waals surface area contributed by atoms with Crippen LogP contribution in [-0.2, 0) is 13.0 Å². The fraction of sp³-hybridized carbons (Fsp3) is 0.182. The maximum Gasteiger partial charge on any atom is 0.274 e. The molecule has 1 aromatic heterocycles. The summed E-state index contributed by atoms with van der Waals surface area (Å²) in [5.41, 5.74) is 3.78. The van der Waals surface area contributed by atoms with E-state index in [9.17, 15) is 4.79 Å². The summed E-state index contributed by atoms with van der Waals surface area (Å²) >= 11 is 0. The van der Waals surface area contributed by atoms with Gasteiger partial charge in [0.2, 0.25) is 0 Å². The van der Waals surface area contributed by atoms with Crippen molar-refractivity contribution in [3.63, 3.8) is 0 Å². The fourth-order valence-corrected chi connectivity index (χ4v) is 3.31. The van der Waals surface area contributed by atoms with Gasteiger partial charge < -0.3 is 15.0 Å². The Bertz CT molecular complexity index is 971. The summed E-state index contributed by atoms with van der Waals surface area (Å²) in [5, 5.41) is 2.88. The zero-order chi connectivity index (χ0) is 18.6. The number of carbonyl (C=O) groups is 1. The highest BCUT2D eigenvalue weighted by atomic mass is 16.5. The Kier molecular flexibility index (Phi) is 4.75. The van der Waals surface area contributed by atoms with Crippen LogP contribution in [0.5, 0.6) is 5.75 Å². The Labute approximate surface area is 158 Å². The lowest BCUT2D eigenvalue weighted by molar-refractivity contribution is 0.102. The van der Waals surface area contributed by atoms with Gasteiger partial charge in [-0.05, 0) is 41.8 Å². The zero-order valence-electron chi connectivity index (χ0n) is 15.2. The number of aromatic nitrogens is 1. The lowest BCUT2D eigenvalue weighted by Crippen LogP contribution is -2.31. The third kappa shape index (κ3) is 3.77. The number of carbonyl (C=O) groups excluding carboxylic acids is 1. The molecular formula is C22H21N3O2. The Morgan fingerprint density at radius 1 is 1.04 bits per heavy atom. The summed E-state index contributed by atoms with van der Waals surface area (Å²) in [6, 6.07) is 21.3. The number of nitrogens with one attached hydrogen (secondary N) is 1. The normalized spacial score (nSPS) is 13.0. The molecule has 2 heterocycles. The molecule has 0 saturated heterocycles. The molecule has 136 valence electrons. The molecule has 0 atom stereocenters. The zero-order valence-corrected chi connectivity index (χ0v) is 15.2. The first-order chi connectivity index (χ1) is 13.2. The lowest BCUT2D eigenvalue weighted by atomic mass is 10.00. The minimum atomic E-state index is -0.234. The van der Waals surface area contributed by atoms with Gasteiger partial charge in [0.15, 0.2) is 0 Å². The molecule has 0 aliphatic carbocycles. The van der Waals surface area contributed by atoms with E-state index in [1.54, 1.807) is 19.2 Å². The molecule has 0 fully saturated rings. The van der Waals surface area contributed by atoms with Crippen LogP contribution in [0.25, 0.3) is 0 Å². The maximum atomic E-state index is 12.6. The molecule has 0 spiro atoms. The quantitative estimate of drug-likeness (QED) is 0.767. The fourth-order valence-electron chi connectivity index (χ4n) is 3.31. The number of methoxy groups -OCH3 is 1. The first kappa shape index (κ1) is 17.1. The number of anilines is 2. The third-order valence-electron chi connectivity index (χ3n) is 4.75. The van der Waals surface area contributed by atoms with Crippen LogP contribution < -0.4 is 15.0 Å². The molecule has 1 aliphatic heterocycles. The molecule has 1 amide bonds. The van der Waals surface area contributed by atoms with Gasteiger partial charge in [0.1, 0.15) is 17.3 Å². The molecule has 5 heteroatoms. The number of ether oxygens (including phenoxy) is 1. The second-order valence-corrected chi connectivity index (χ2v) is 6.51. The van der Waals surface area contributed by atoms with Crippen molar-refractivity contribution >= 4 is 17.4 Å². The number of rotatable bonds is 4. The highest BCUT2D eigenvalue weighted by Crippen LogP contribution is 2.23. The van der Waals surface area contributed by atoms with E-state index in [0.717, 1.165) is 25.3 Å². The van der Waals surface area contributed by atoms with E-state index in [0.29, 0.717) is 17.1 Å². The van der Waals surface area contributed by atoms with Crippen LogP contribution in [-0.4, -0.2) is 24.5 Å². The number of pyridine rings is 1. The van der Waals surface area contributed by atoms with Crippen molar-refractivity contribution in [2.45, 2.75) is 13.0 Å². The first-order valence-corrected chi connectivity index (χ1v) is 8.97. The molecule has 27 heavy (non-hydrogen) atoms. The SMILES string of the molecule is COc1cccc(NC(=O)c2cccc(N3CCc4ccccc4C3)n2)c1. The minimum absolute atomic E-state index is 0.234. The van der Waals surface area contributed by atoms with Crippen LogP contribution >= 0.6 is 0 Å². The molecular weight excluding hydrogens is 338 g/mol. The standard InChI is InChI=1S/C22H21N3O2/c1-27-19-9-4-8-18(14-19)23-22(26)20-10-5-11-21(24-20)25-13-12-16-6-2-3-7-17(16)15-25/h2-11,14H,12-13,15H2,1H3,(H,23,26). The average molecular weight is 359 g/mol. The molecule has 0 saturated carbocycles. The summed E-state index contributed by atoms with van der Waals surface area (Å²) in [6.07, 6.45) is 0.984. The van der Waals surface area contributed by atoms with Gasteiger partial charge >= 0.3 is 0 Å². The van der Waals surface area contributed by atoms with Crippen molar-refractivity contribution in [3.8, 4) is 5.75 Å². The van der Waals surface area contributed by atoms with Crippen molar-refractivity contribution in [3.05, 3.63) is 83.6 Å². The van der Waals surface area contributed by atoms with Crippen molar-refractivity contribution < 1.29 is 9.53 Å². The molecule has 1 N–H and O–H groups in total. The van der Waals surface area contributed by atoms with Gasteiger partial charge in [-0.15, -0.1) is 0 Å². The summed E-state index contributed by atoms with van der Waals surface area (Å²) in [7, 11) is 1.60. The molecule has 4 rings (SSSR count). The predicted octanol–water partition coefficient (Wildman–Crippen LogP) is 3.91. The van der Waals surface area contributed by atoms with Crippen molar-refractivity contribution in [2.24, 2.45) is 0 Å². The van der Waals surface area contributed by atoms with E-state index in [2.05, 4.69) is 39.5 Å². The Morgan fingerprint density at radius 3 is 2.70 bits per heavy atom. The lowest BCUT2D eigenvalue weighted by Gasteiger charge is -2.29. The van der Waals surface area contributed by atoms with E-state index in [-0.39, 0.29) is 5.91 Å². The number of nitrogens with zero attached hydrogens (tertiary/aromatic N) is 2. The Balaban J connectivity index is 1.51. The third-order valence-corrected chi connectivity index (χ3v) is 4.75. The van der Waals surface area contributed by atoms with E-state index in [1.165, 1.54) is 11.1 Å². The van der Waals surface area contributed by atoms with Crippen molar-refractivity contribution in [2.75, 3.05) is 23.9 Å². The molecule has 5 nitrogen and oxygen atoms in total. The molecule has 3 aromatic rings. The van der Waals surface area contributed by atoms with Crippen LogP contribution in [0.1, 0.15) is 21.6 Å². The number of hydrogen-bond donors (Lipinski definition) is 1. The second kappa shape index (κ2) is 7.50. The van der Waals surface area contributed by atoms with Crippen molar-refractivity contribution in [1.29, 1.82) is 0 Å². The van der Waals surface area contributed by atoms with Gasteiger partial charge in [0.25, 0.3) is 5.91 Å². The maximum absolute atomic E-state index is 12.6. The highest BCUT2D eigenvalue weighted by molar-refractivity contribution is 6.03. The van der Waals surface area contributed by atoms with Gasteiger partial charge in [0, 0.05) is 24.8 Å². The van der Waals surface area contributed by atoms with Gasteiger partial charge in [-0.25, -0.2) is 4.98 Å². The molecule has 0 radical (unpaired) electrons. The summed E-state index contributed by atoms with van der Waals surface area (Å²) in [6.45, 7) is 1.70. The predicted molar refractivity (Wildman–Crippen MR) is 106 cm³/mol. The van der Waals surface area contributed by atoms with E-state index < -0.39 is 0 Å². The number of benzene rings is 2. The number of hydrogen-bond acceptors (Lipinski definition) is 4. The summed E-state index contributed by atoms with van der Waals surface area (Å²) in [4.78, 5) is 19.4. The van der Waals surface area contributed by atoms with E-state index in [4.69, 9.17) is 4.74 Å². The van der Waals surface area contributed by atoms with Crippen LogP contribution in [0.4, 0.5) is 11.5 Å².